The minimum absolute atomic E-state index is 0.0282. The monoisotopic (exact) mass is 224 g/mol. The van der Waals surface area contributed by atoms with E-state index in [4.69, 9.17) is 9.63 Å². The van der Waals surface area contributed by atoms with Crippen LogP contribution in [0.3, 0.4) is 0 Å². The van der Waals surface area contributed by atoms with Crippen LogP contribution in [-0.4, -0.2) is 27.0 Å². The Kier molecular flexibility index (Phi) is 2.82. The van der Waals surface area contributed by atoms with E-state index >= 15 is 0 Å². The van der Waals surface area contributed by atoms with Crippen molar-refractivity contribution in [2.75, 3.05) is 6.61 Å². The van der Waals surface area contributed by atoms with Gasteiger partial charge in [0.1, 0.15) is 11.6 Å². The number of aliphatic hydroxyl groups is 1. The fourth-order valence-electron chi connectivity index (χ4n) is 1.24. The minimum atomic E-state index is -0.505. The molecule has 2 rings (SSSR count). The van der Waals surface area contributed by atoms with Gasteiger partial charge in [0.2, 0.25) is 0 Å². The number of halogens is 1. The molecule has 2 aromatic rings. The second-order valence-corrected chi connectivity index (χ2v) is 3.15. The Hall–Kier alpha value is -1.95. The van der Waals surface area contributed by atoms with Crippen LogP contribution in [-0.2, 0) is 6.42 Å². The maximum absolute atomic E-state index is 12.9. The molecular formula is C10H9FN2O3. The molecule has 0 bridgehead atoms. The summed E-state index contributed by atoms with van der Waals surface area (Å²) in [6.07, 6.45) is 0.250. The van der Waals surface area contributed by atoms with Gasteiger partial charge in [-0.2, -0.15) is 4.98 Å². The standard InChI is InChI=1S/C10H9FN2O3/c11-6-1-2-8(15)7(5-6)10-12-9(3-4-14)13-16-10/h1-2,5,14-15H,3-4H2. The molecule has 84 valence electrons. The van der Waals surface area contributed by atoms with E-state index in [0.717, 1.165) is 12.1 Å². The zero-order valence-electron chi connectivity index (χ0n) is 8.22. The average Bonchev–Trinajstić information content (AvgIpc) is 2.71. The molecule has 1 aromatic carbocycles. The van der Waals surface area contributed by atoms with E-state index in [-0.39, 0.29) is 30.2 Å². The summed E-state index contributed by atoms with van der Waals surface area (Å²) < 4.78 is 17.8. The van der Waals surface area contributed by atoms with Crippen LogP contribution in [0.15, 0.2) is 22.7 Å². The van der Waals surface area contributed by atoms with E-state index in [9.17, 15) is 9.50 Å². The van der Waals surface area contributed by atoms with Gasteiger partial charge in [-0.05, 0) is 18.2 Å². The molecule has 6 heteroatoms. The van der Waals surface area contributed by atoms with Crippen LogP contribution in [0.2, 0.25) is 0 Å². The molecular weight excluding hydrogens is 215 g/mol. The van der Waals surface area contributed by atoms with Crippen molar-refractivity contribution in [3.8, 4) is 17.2 Å². The molecule has 0 saturated carbocycles. The molecule has 0 aliphatic heterocycles. The van der Waals surface area contributed by atoms with Crippen molar-refractivity contribution in [3.05, 3.63) is 29.8 Å². The van der Waals surface area contributed by atoms with Crippen molar-refractivity contribution in [2.24, 2.45) is 0 Å². The van der Waals surface area contributed by atoms with Crippen LogP contribution in [0.4, 0.5) is 4.39 Å². The van der Waals surface area contributed by atoms with Crippen molar-refractivity contribution >= 4 is 0 Å². The van der Waals surface area contributed by atoms with Crippen LogP contribution >= 0.6 is 0 Å². The quantitative estimate of drug-likeness (QED) is 0.816. The molecule has 1 aromatic heterocycles. The lowest BCUT2D eigenvalue weighted by Crippen LogP contribution is -1.92. The van der Waals surface area contributed by atoms with Crippen LogP contribution < -0.4 is 0 Å². The number of phenols is 1. The first kappa shape index (κ1) is 10.6. The first-order valence-electron chi connectivity index (χ1n) is 4.63. The molecule has 0 saturated heterocycles. The topological polar surface area (TPSA) is 79.4 Å². The molecule has 0 atom stereocenters. The molecule has 1 heterocycles. The van der Waals surface area contributed by atoms with E-state index < -0.39 is 5.82 Å². The highest BCUT2D eigenvalue weighted by Crippen LogP contribution is 2.28. The van der Waals surface area contributed by atoms with Crippen LogP contribution in [0.25, 0.3) is 11.5 Å². The van der Waals surface area contributed by atoms with Crippen LogP contribution in [0, 0.1) is 5.82 Å². The van der Waals surface area contributed by atoms with Gasteiger partial charge in [0.25, 0.3) is 5.89 Å². The summed E-state index contributed by atoms with van der Waals surface area (Å²) in [6.45, 7) is -0.103. The lowest BCUT2D eigenvalue weighted by Gasteiger charge is -1.98. The van der Waals surface area contributed by atoms with Gasteiger partial charge in [-0.15, -0.1) is 0 Å². The van der Waals surface area contributed by atoms with E-state index in [1.54, 1.807) is 0 Å². The number of rotatable bonds is 3. The van der Waals surface area contributed by atoms with E-state index in [0.29, 0.717) is 5.82 Å². The second kappa shape index (κ2) is 4.28. The third-order valence-electron chi connectivity index (χ3n) is 1.99. The Morgan fingerprint density at radius 3 is 2.94 bits per heavy atom. The minimum Gasteiger partial charge on any atom is -0.507 e. The van der Waals surface area contributed by atoms with Crippen LogP contribution in [0.1, 0.15) is 5.82 Å². The molecule has 5 nitrogen and oxygen atoms in total. The zero-order valence-corrected chi connectivity index (χ0v) is 8.22. The molecule has 16 heavy (non-hydrogen) atoms. The highest BCUT2D eigenvalue weighted by molar-refractivity contribution is 5.61. The summed E-state index contributed by atoms with van der Waals surface area (Å²) in [7, 11) is 0. The summed E-state index contributed by atoms with van der Waals surface area (Å²) in [5.74, 6) is -0.308. The fourth-order valence-corrected chi connectivity index (χ4v) is 1.24. The maximum atomic E-state index is 12.9. The SMILES string of the molecule is OCCc1noc(-c2cc(F)ccc2O)n1. The summed E-state index contributed by atoms with van der Waals surface area (Å²) in [5.41, 5.74) is 0.136. The lowest BCUT2D eigenvalue weighted by atomic mass is 10.2. The van der Waals surface area contributed by atoms with Crippen molar-refractivity contribution in [2.45, 2.75) is 6.42 Å². The Morgan fingerprint density at radius 1 is 1.38 bits per heavy atom. The number of nitrogens with zero attached hydrogens (tertiary/aromatic N) is 2. The van der Waals surface area contributed by atoms with Crippen molar-refractivity contribution in [1.82, 2.24) is 10.1 Å². The highest BCUT2D eigenvalue weighted by Gasteiger charge is 2.13. The number of aromatic nitrogens is 2. The summed E-state index contributed by atoms with van der Waals surface area (Å²) in [5, 5.41) is 21.7. The maximum Gasteiger partial charge on any atom is 0.261 e. The predicted octanol–water partition coefficient (Wildman–Crippen LogP) is 1.12. The van der Waals surface area contributed by atoms with E-state index in [2.05, 4.69) is 10.1 Å². The van der Waals surface area contributed by atoms with Crippen molar-refractivity contribution in [3.63, 3.8) is 0 Å². The Morgan fingerprint density at radius 2 is 2.19 bits per heavy atom. The highest BCUT2D eigenvalue weighted by atomic mass is 19.1. The van der Waals surface area contributed by atoms with Gasteiger partial charge in [0.15, 0.2) is 5.82 Å². The Labute approximate surface area is 90.2 Å². The number of aliphatic hydroxyl groups excluding tert-OH is 1. The van der Waals surface area contributed by atoms with Crippen molar-refractivity contribution in [1.29, 1.82) is 0 Å². The third-order valence-corrected chi connectivity index (χ3v) is 1.99. The van der Waals surface area contributed by atoms with Gasteiger partial charge in [0.05, 0.1) is 12.2 Å². The molecule has 0 radical (unpaired) electrons. The summed E-state index contributed by atoms with van der Waals surface area (Å²) >= 11 is 0. The summed E-state index contributed by atoms with van der Waals surface area (Å²) in [4.78, 5) is 3.91. The number of hydrogen-bond acceptors (Lipinski definition) is 5. The smallest absolute Gasteiger partial charge is 0.261 e. The van der Waals surface area contributed by atoms with Gasteiger partial charge < -0.3 is 14.7 Å². The van der Waals surface area contributed by atoms with Gasteiger partial charge in [-0.3, -0.25) is 0 Å². The number of phenolic OH excluding ortho intramolecular Hbond substituents is 1. The molecule has 0 aliphatic rings. The van der Waals surface area contributed by atoms with E-state index in [1.807, 2.05) is 0 Å². The second-order valence-electron chi connectivity index (χ2n) is 3.15. The molecule has 2 N–H and O–H groups in total. The Balaban J connectivity index is 2.38. The molecule has 0 fully saturated rings. The van der Waals surface area contributed by atoms with Gasteiger partial charge >= 0.3 is 0 Å². The van der Waals surface area contributed by atoms with E-state index in [1.165, 1.54) is 6.07 Å². The zero-order chi connectivity index (χ0) is 11.5. The average molecular weight is 224 g/mol. The molecule has 0 amide bonds. The van der Waals surface area contributed by atoms with Crippen LogP contribution in [0.5, 0.6) is 5.75 Å². The Bertz CT molecular complexity index is 499. The number of benzene rings is 1. The van der Waals surface area contributed by atoms with Gasteiger partial charge in [0, 0.05) is 6.42 Å². The normalized spacial score (nSPS) is 10.6. The van der Waals surface area contributed by atoms with Gasteiger partial charge in [-0.1, -0.05) is 5.16 Å². The molecule has 0 unspecified atom stereocenters. The fraction of sp³-hybridized carbons (Fsp3) is 0.200. The molecule has 0 aliphatic carbocycles. The third kappa shape index (κ3) is 2.01. The number of aromatic hydroxyl groups is 1. The predicted molar refractivity (Wildman–Crippen MR) is 52.1 cm³/mol. The first-order valence-corrected chi connectivity index (χ1v) is 4.63. The largest absolute Gasteiger partial charge is 0.507 e. The molecule has 0 spiro atoms. The summed E-state index contributed by atoms with van der Waals surface area (Å²) in [6, 6.07) is 3.44. The first-order chi connectivity index (χ1) is 7.70. The lowest BCUT2D eigenvalue weighted by molar-refractivity contribution is 0.293. The van der Waals surface area contributed by atoms with Gasteiger partial charge in [-0.25, -0.2) is 4.39 Å². The number of hydrogen-bond donors (Lipinski definition) is 2. The van der Waals surface area contributed by atoms with Crippen molar-refractivity contribution < 1.29 is 19.1 Å².